The molecule has 1 amide bonds. The third kappa shape index (κ3) is 4.22. The predicted molar refractivity (Wildman–Crippen MR) is 74.7 cm³/mol. The topological polar surface area (TPSA) is 81.4 Å². The van der Waals surface area contributed by atoms with Gasteiger partial charge in [-0.1, -0.05) is 20.8 Å². The number of nitrogens with zero attached hydrogens (tertiary/aromatic N) is 2. The van der Waals surface area contributed by atoms with Gasteiger partial charge >= 0.3 is 5.97 Å². The molecule has 1 unspecified atom stereocenters. The highest BCUT2D eigenvalue weighted by molar-refractivity contribution is 5.85. The lowest BCUT2D eigenvalue weighted by Gasteiger charge is -2.28. The van der Waals surface area contributed by atoms with E-state index in [0.717, 1.165) is 0 Å². The molecule has 5 heteroatoms. The van der Waals surface area contributed by atoms with E-state index in [1.165, 1.54) is 0 Å². The van der Waals surface area contributed by atoms with Gasteiger partial charge in [0.15, 0.2) is 0 Å². The maximum Gasteiger partial charge on any atom is 0.307 e. The lowest BCUT2D eigenvalue weighted by molar-refractivity contribution is -0.149. The quantitative estimate of drug-likeness (QED) is 0.808. The minimum absolute atomic E-state index is 0.0919. The Morgan fingerprint density at radius 1 is 1.35 bits per heavy atom. The number of carboxylic acids is 1. The van der Waals surface area contributed by atoms with Gasteiger partial charge in [0.25, 0.3) is 0 Å². The van der Waals surface area contributed by atoms with E-state index in [9.17, 15) is 14.7 Å². The fourth-order valence-electron chi connectivity index (χ4n) is 2.99. The smallest absolute Gasteiger partial charge is 0.307 e. The van der Waals surface area contributed by atoms with Gasteiger partial charge in [-0.15, -0.1) is 0 Å². The van der Waals surface area contributed by atoms with E-state index < -0.39 is 17.8 Å². The minimum atomic E-state index is -0.877. The number of carboxylic acid groups (broad SMARTS) is 1. The highest BCUT2D eigenvalue weighted by Crippen LogP contribution is 2.37. The molecule has 1 aliphatic carbocycles. The van der Waals surface area contributed by atoms with Gasteiger partial charge in [-0.2, -0.15) is 5.26 Å². The van der Waals surface area contributed by atoms with Crippen LogP contribution in [0.1, 0.15) is 40.0 Å². The van der Waals surface area contributed by atoms with Crippen molar-refractivity contribution >= 4 is 11.9 Å². The van der Waals surface area contributed by atoms with Crippen molar-refractivity contribution in [1.29, 1.82) is 5.26 Å². The van der Waals surface area contributed by atoms with E-state index in [1.54, 1.807) is 4.90 Å². The zero-order valence-corrected chi connectivity index (χ0v) is 12.5. The molecule has 1 saturated carbocycles. The molecule has 0 aromatic carbocycles. The van der Waals surface area contributed by atoms with E-state index in [2.05, 4.69) is 0 Å². The van der Waals surface area contributed by atoms with Crippen LogP contribution in [0.25, 0.3) is 0 Å². The average molecular weight is 280 g/mol. The van der Waals surface area contributed by atoms with E-state index in [1.807, 2.05) is 26.8 Å². The predicted octanol–water partition coefficient (Wildman–Crippen LogP) is 2.13. The Hall–Kier alpha value is -1.57. The zero-order chi connectivity index (χ0) is 15.3. The molecule has 3 atom stereocenters. The van der Waals surface area contributed by atoms with E-state index in [4.69, 9.17) is 5.26 Å². The molecular weight excluding hydrogens is 256 g/mol. The van der Waals surface area contributed by atoms with Crippen molar-refractivity contribution in [1.82, 2.24) is 4.90 Å². The molecule has 20 heavy (non-hydrogen) atoms. The first-order valence-electron chi connectivity index (χ1n) is 7.25. The van der Waals surface area contributed by atoms with Crippen LogP contribution in [0, 0.1) is 35.0 Å². The Kier molecular flexibility index (Phi) is 6.00. The van der Waals surface area contributed by atoms with Gasteiger partial charge in [0.1, 0.15) is 0 Å². The maximum absolute atomic E-state index is 12.6. The van der Waals surface area contributed by atoms with Crippen LogP contribution in [0.4, 0.5) is 0 Å². The van der Waals surface area contributed by atoms with Crippen LogP contribution in [0.15, 0.2) is 0 Å². The third-order valence-corrected chi connectivity index (χ3v) is 3.82. The van der Waals surface area contributed by atoms with E-state index in [0.29, 0.717) is 38.3 Å². The van der Waals surface area contributed by atoms with Crippen molar-refractivity contribution in [2.75, 3.05) is 13.1 Å². The molecule has 1 rings (SSSR count). The van der Waals surface area contributed by atoms with Crippen molar-refractivity contribution in [3.8, 4) is 6.07 Å². The van der Waals surface area contributed by atoms with Crippen molar-refractivity contribution in [3.63, 3.8) is 0 Å². The van der Waals surface area contributed by atoms with E-state index in [-0.39, 0.29) is 11.8 Å². The number of amides is 1. The Balaban J connectivity index is 2.81. The van der Waals surface area contributed by atoms with Crippen LogP contribution >= 0.6 is 0 Å². The number of hydrogen-bond acceptors (Lipinski definition) is 3. The molecule has 0 aromatic heterocycles. The van der Waals surface area contributed by atoms with Gasteiger partial charge < -0.3 is 10.0 Å². The summed E-state index contributed by atoms with van der Waals surface area (Å²) in [6.07, 6.45) is 1.49. The summed E-state index contributed by atoms with van der Waals surface area (Å²) in [5, 5.41) is 18.0. The molecule has 0 aromatic rings. The maximum atomic E-state index is 12.6. The zero-order valence-electron chi connectivity index (χ0n) is 12.5. The number of aliphatic carboxylic acids is 1. The first-order chi connectivity index (χ1) is 9.36. The summed E-state index contributed by atoms with van der Waals surface area (Å²) < 4.78 is 0. The second-order valence-corrected chi connectivity index (χ2v) is 6.21. The van der Waals surface area contributed by atoms with Crippen molar-refractivity contribution in [2.45, 2.75) is 40.0 Å². The molecule has 112 valence electrons. The Morgan fingerprint density at radius 3 is 2.45 bits per heavy atom. The summed E-state index contributed by atoms with van der Waals surface area (Å²) in [5.41, 5.74) is 0. The molecule has 1 fully saturated rings. The van der Waals surface area contributed by atoms with Crippen molar-refractivity contribution in [2.24, 2.45) is 23.7 Å². The largest absolute Gasteiger partial charge is 0.481 e. The SMILES string of the molecule is CC(C)CN(CCC#N)C(=O)[C@H]1CC(C)C[C@H]1C(=O)O. The summed E-state index contributed by atoms with van der Waals surface area (Å²) in [4.78, 5) is 25.6. The highest BCUT2D eigenvalue weighted by atomic mass is 16.4. The number of carbonyl (C=O) groups is 2. The standard InChI is InChI=1S/C15H24N2O3/c1-10(2)9-17(6-4-5-16)14(18)12-7-11(3)8-13(12)15(19)20/h10-13H,4,6-9H2,1-3H3,(H,19,20)/t11?,12-,13+/m0/s1. The number of hydrogen-bond donors (Lipinski definition) is 1. The Bertz CT molecular complexity index is 400. The fourth-order valence-corrected chi connectivity index (χ4v) is 2.99. The molecule has 0 radical (unpaired) electrons. The molecule has 0 spiro atoms. The molecule has 0 saturated heterocycles. The lowest BCUT2D eigenvalue weighted by atomic mass is 9.94. The first-order valence-corrected chi connectivity index (χ1v) is 7.25. The summed E-state index contributed by atoms with van der Waals surface area (Å²) in [6.45, 7) is 6.99. The molecule has 0 heterocycles. The second-order valence-electron chi connectivity index (χ2n) is 6.21. The molecule has 1 aliphatic rings. The fraction of sp³-hybridized carbons (Fsp3) is 0.800. The van der Waals surface area contributed by atoms with Crippen LogP contribution in [-0.4, -0.2) is 35.0 Å². The molecule has 0 aliphatic heterocycles. The first kappa shape index (κ1) is 16.5. The van der Waals surface area contributed by atoms with Crippen molar-refractivity contribution in [3.05, 3.63) is 0 Å². The van der Waals surface area contributed by atoms with Crippen LogP contribution < -0.4 is 0 Å². The average Bonchev–Trinajstić information content (AvgIpc) is 2.75. The molecule has 5 nitrogen and oxygen atoms in total. The van der Waals surface area contributed by atoms with Crippen LogP contribution in [0.2, 0.25) is 0 Å². The van der Waals surface area contributed by atoms with Gasteiger partial charge in [-0.25, -0.2) is 0 Å². The molecule has 0 bridgehead atoms. The minimum Gasteiger partial charge on any atom is -0.481 e. The highest BCUT2D eigenvalue weighted by Gasteiger charge is 2.42. The summed E-state index contributed by atoms with van der Waals surface area (Å²) >= 11 is 0. The monoisotopic (exact) mass is 280 g/mol. The molecule has 1 N–H and O–H groups in total. The van der Waals surface area contributed by atoms with E-state index >= 15 is 0 Å². The Morgan fingerprint density at radius 2 is 1.95 bits per heavy atom. The summed E-state index contributed by atoms with van der Waals surface area (Å²) in [6, 6.07) is 2.05. The van der Waals surface area contributed by atoms with Gasteiger partial charge in [-0.3, -0.25) is 9.59 Å². The van der Waals surface area contributed by atoms with Crippen molar-refractivity contribution < 1.29 is 14.7 Å². The van der Waals surface area contributed by atoms with Gasteiger partial charge in [0.05, 0.1) is 24.3 Å². The van der Waals surface area contributed by atoms with Gasteiger partial charge in [0, 0.05) is 13.1 Å². The lowest BCUT2D eigenvalue weighted by Crippen LogP contribution is -2.41. The summed E-state index contributed by atoms with van der Waals surface area (Å²) in [7, 11) is 0. The van der Waals surface area contributed by atoms with Crippen LogP contribution in [-0.2, 0) is 9.59 Å². The Labute approximate surface area is 120 Å². The van der Waals surface area contributed by atoms with Gasteiger partial charge in [-0.05, 0) is 24.7 Å². The van der Waals surface area contributed by atoms with Gasteiger partial charge in [0.2, 0.25) is 5.91 Å². The number of nitriles is 1. The number of carbonyl (C=O) groups excluding carboxylic acids is 1. The summed E-state index contributed by atoms with van der Waals surface area (Å²) in [5.74, 6) is -1.40. The second kappa shape index (κ2) is 7.28. The number of rotatable bonds is 6. The van der Waals surface area contributed by atoms with Crippen LogP contribution in [0.5, 0.6) is 0 Å². The van der Waals surface area contributed by atoms with Crippen LogP contribution in [0.3, 0.4) is 0 Å². The third-order valence-electron chi connectivity index (χ3n) is 3.82. The normalized spacial score (nSPS) is 25.4. The molecular formula is C15H24N2O3.